The van der Waals surface area contributed by atoms with Crippen molar-refractivity contribution in [1.29, 1.82) is 0 Å². The fourth-order valence-electron chi connectivity index (χ4n) is 1.25. The standard InChI is InChI=1S/C11H10BrFN4/c1-14-11-15-6-9(12)10(17-11)16-8-4-2-7(13)3-5-8/h2-6H,1H3,(H2,14,15,16,17). The van der Waals surface area contributed by atoms with Crippen LogP contribution in [0.5, 0.6) is 0 Å². The summed E-state index contributed by atoms with van der Waals surface area (Å²) in [5.41, 5.74) is 0.757. The minimum Gasteiger partial charge on any atom is -0.357 e. The first-order chi connectivity index (χ1) is 8.19. The van der Waals surface area contributed by atoms with E-state index in [1.54, 1.807) is 25.4 Å². The van der Waals surface area contributed by atoms with Crippen LogP contribution in [-0.4, -0.2) is 17.0 Å². The van der Waals surface area contributed by atoms with Gasteiger partial charge in [-0.25, -0.2) is 9.37 Å². The zero-order valence-electron chi connectivity index (χ0n) is 9.04. The average Bonchev–Trinajstić information content (AvgIpc) is 2.35. The minimum atomic E-state index is -0.270. The van der Waals surface area contributed by atoms with Gasteiger partial charge in [-0.1, -0.05) is 0 Å². The van der Waals surface area contributed by atoms with Crippen LogP contribution in [0.1, 0.15) is 0 Å². The fourth-order valence-corrected chi connectivity index (χ4v) is 1.54. The second-order valence-corrected chi connectivity index (χ2v) is 4.13. The van der Waals surface area contributed by atoms with E-state index in [1.165, 1.54) is 12.1 Å². The van der Waals surface area contributed by atoms with Crippen molar-refractivity contribution in [3.8, 4) is 0 Å². The van der Waals surface area contributed by atoms with E-state index in [-0.39, 0.29) is 5.82 Å². The third-order valence-electron chi connectivity index (χ3n) is 2.07. The van der Waals surface area contributed by atoms with Crippen LogP contribution < -0.4 is 10.6 Å². The normalized spacial score (nSPS) is 10.1. The fraction of sp³-hybridized carbons (Fsp3) is 0.0909. The number of nitrogens with zero attached hydrogens (tertiary/aromatic N) is 2. The summed E-state index contributed by atoms with van der Waals surface area (Å²) in [6, 6.07) is 6.05. The van der Waals surface area contributed by atoms with Gasteiger partial charge < -0.3 is 10.6 Å². The quantitative estimate of drug-likeness (QED) is 0.913. The Labute approximate surface area is 106 Å². The van der Waals surface area contributed by atoms with Gasteiger partial charge in [-0.05, 0) is 40.2 Å². The van der Waals surface area contributed by atoms with Gasteiger partial charge in [-0.2, -0.15) is 4.98 Å². The Kier molecular flexibility index (Phi) is 3.53. The molecule has 0 aliphatic carbocycles. The second-order valence-electron chi connectivity index (χ2n) is 3.27. The third kappa shape index (κ3) is 2.91. The molecule has 0 radical (unpaired) electrons. The van der Waals surface area contributed by atoms with E-state index in [4.69, 9.17) is 0 Å². The summed E-state index contributed by atoms with van der Waals surface area (Å²) in [5, 5.41) is 5.92. The lowest BCUT2D eigenvalue weighted by Gasteiger charge is -2.08. The van der Waals surface area contributed by atoms with E-state index in [2.05, 4.69) is 36.5 Å². The molecule has 6 heteroatoms. The van der Waals surface area contributed by atoms with Crippen LogP contribution in [0.25, 0.3) is 0 Å². The van der Waals surface area contributed by atoms with Gasteiger partial charge in [-0.3, -0.25) is 0 Å². The third-order valence-corrected chi connectivity index (χ3v) is 2.65. The SMILES string of the molecule is CNc1ncc(Br)c(Nc2ccc(F)cc2)n1. The van der Waals surface area contributed by atoms with E-state index in [1.807, 2.05) is 0 Å². The maximum atomic E-state index is 12.8. The van der Waals surface area contributed by atoms with Gasteiger partial charge in [0.15, 0.2) is 0 Å². The molecule has 1 aromatic heterocycles. The zero-order valence-corrected chi connectivity index (χ0v) is 10.6. The molecular formula is C11H10BrFN4. The van der Waals surface area contributed by atoms with Crippen molar-refractivity contribution < 1.29 is 4.39 Å². The number of hydrogen-bond donors (Lipinski definition) is 2. The molecule has 0 spiro atoms. The molecule has 2 rings (SSSR count). The predicted octanol–water partition coefficient (Wildman–Crippen LogP) is 3.16. The summed E-state index contributed by atoms with van der Waals surface area (Å²) in [6.07, 6.45) is 1.64. The molecule has 2 N–H and O–H groups in total. The molecule has 0 aliphatic heterocycles. The smallest absolute Gasteiger partial charge is 0.224 e. The number of hydrogen-bond acceptors (Lipinski definition) is 4. The summed E-state index contributed by atoms with van der Waals surface area (Å²) < 4.78 is 13.5. The molecule has 1 aromatic carbocycles. The Bertz CT molecular complexity index is 515. The van der Waals surface area contributed by atoms with Gasteiger partial charge in [0, 0.05) is 18.9 Å². The van der Waals surface area contributed by atoms with Gasteiger partial charge in [0.1, 0.15) is 11.6 Å². The van der Waals surface area contributed by atoms with E-state index in [9.17, 15) is 4.39 Å². The summed E-state index contributed by atoms with van der Waals surface area (Å²) in [5.74, 6) is 0.863. The van der Waals surface area contributed by atoms with Crippen LogP contribution in [0.15, 0.2) is 34.9 Å². The highest BCUT2D eigenvalue weighted by Crippen LogP contribution is 2.23. The molecule has 0 saturated heterocycles. The molecule has 0 atom stereocenters. The molecule has 0 saturated carbocycles. The van der Waals surface area contributed by atoms with Crippen LogP contribution in [-0.2, 0) is 0 Å². The summed E-state index contributed by atoms with van der Waals surface area (Å²) in [6.45, 7) is 0. The Morgan fingerprint density at radius 1 is 1.24 bits per heavy atom. The summed E-state index contributed by atoms with van der Waals surface area (Å²) >= 11 is 3.34. The highest BCUT2D eigenvalue weighted by atomic mass is 79.9. The lowest BCUT2D eigenvalue weighted by Crippen LogP contribution is -2.01. The molecule has 17 heavy (non-hydrogen) atoms. The van der Waals surface area contributed by atoms with Gasteiger partial charge in [0.25, 0.3) is 0 Å². The molecule has 1 heterocycles. The Hall–Kier alpha value is -1.69. The number of benzene rings is 1. The highest BCUT2D eigenvalue weighted by Gasteiger charge is 2.04. The highest BCUT2D eigenvalue weighted by molar-refractivity contribution is 9.10. The Morgan fingerprint density at radius 3 is 2.59 bits per heavy atom. The lowest BCUT2D eigenvalue weighted by atomic mass is 10.3. The Balaban J connectivity index is 2.25. The van der Waals surface area contributed by atoms with Crippen LogP contribution >= 0.6 is 15.9 Å². The average molecular weight is 297 g/mol. The van der Waals surface area contributed by atoms with Crippen molar-refractivity contribution in [2.75, 3.05) is 17.7 Å². The number of anilines is 3. The van der Waals surface area contributed by atoms with Gasteiger partial charge in [0.05, 0.1) is 4.47 Å². The van der Waals surface area contributed by atoms with Crippen molar-refractivity contribution in [1.82, 2.24) is 9.97 Å². The van der Waals surface area contributed by atoms with Crippen molar-refractivity contribution >= 4 is 33.4 Å². The van der Waals surface area contributed by atoms with Gasteiger partial charge in [-0.15, -0.1) is 0 Å². The number of nitrogens with one attached hydrogen (secondary N) is 2. The molecule has 0 bridgehead atoms. The molecule has 0 amide bonds. The van der Waals surface area contributed by atoms with Crippen molar-refractivity contribution in [2.24, 2.45) is 0 Å². The number of rotatable bonds is 3. The molecule has 0 fully saturated rings. The van der Waals surface area contributed by atoms with Crippen LogP contribution in [0.4, 0.5) is 21.8 Å². The molecule has 88 valence electrons. The summed E-state index contributed by atoms with van der Waals surface area (Å²) in [7, 11) is 1.74. The molecule has 0 aliphatic rings. The zero-order chi connectivity index (χ0) is 12.3. The van der Waals surface area contributed by atoms with Gasteiger partial charge >= 0.3 is 0 Å². The number of halogens is 2. The largest absolute Gasteiger partial charge is 0.357 e. The Morgan fingerprint density at radius 2 is 1.94 bits per heavy atom. The molecule has 0 unspecified atom stereocenters. The van der Waals surface area contributed by atoms with Crippen molar-refractivity contribution in [2.45, 2.75) is 0 Å². The predicted molar refractivity (Wildman–Crippen MR) is 69.0 cm³/mol. The maximum absolute atomic E-state index is 12.8. The van der Waals surface area contributed by atoms with E-state index in [0.29, 0.717) is 11.8 Å². The van der Waals surface area contributed by atoms with Crippen LogP contribution in [0, 0.1) is 5.82 Å². The first-order valence-corrected chi connectivity index (χ1v) is 5.71. The molecular weight excluding hydrogens is 287 g/mol. The van der Waals surface area contributed by atoms with Crippen LogP contribution in [0.2, 0.25) is 0 Å². The first kappa shape index (κ1) is 11.8. The first-order valence-electron chi connectivity index (χ1n) is 4.92. The lowest BCUT2D eigenvalue weighted by molar-refractivity contribution is 0.628. The molecule has 2 aromatic rings. The van der Waals surface area contributed by atoms with E-state index < -0.39 is 0 Å². The summed E-state index contributed by atoms with van der Waals surface area (Å²) in [4.78, 5) is 8.28. The van der Waals surface area contributed by atoms with Gasteiger partial charge in [0.2, 0.25) is 5.95 Å². The van der Waals surface area contributed by atoms with Crippen LogP contribution in [0.3, 0.4) is 0 Å². The minimum absolute atomic E-state index is 0.270. The van der Waals surface area contributed by atoms with E-state index >= 15 is 0 Å². The monoisotopic (exact) mass is 296 g/mol. The topological polar surface area (TPSA) is 49.8 Å². The number of aromatic nitrogens is 2. The van der Waals surface area contributed by atoms with E-state index in [0.717, 1.165) is 10.2 Å². The van der Waals surface area contributed by atoms with Crippen molar-refractivity contribution in [3.05, 3.63) is 40.8 Å². The molecule has 4 nitrogen and oxygen atoms in total. The maximum Gasteiger partial charge on any atom is 0.224 e. The van der Waals surface area contributed by atoms with Crippen molar-refractivity contribution in [3.63, 3.8) is 0 Å². The second kappa shape index (κ2) is 5.09.